The summed E-state index contributed by atoms with van der Waals surface area (Å²) in [5.74, 6) is 0.984. The maximum atomic E-state index is 11.9. The fourth-order valence-electron chi connectivity index (χ4n) is 3.04. The molecule has 0 bridgehead atoms. The highest BCUT2D eigenvalue weighted by Crippen LogP contribution is 2.26. The molecule has 0 saturated heterocycles. The van der Waals surface area contributed by atoms with Gasteiger partial charge in [-0.05, 0) is 31.2 Å². The van der Waals surface area contributed by atoms with Crippen molar-refractivity contribution in [2.24, 2.45) is 0 Å². The third-order valence-corrected chi connectivity index (χ3v) is 4.50. The van der Waals surface area contributed by atoms with Gasteiger partial charge in [0, 0.05) is 22.9 Å². The smallest absolute Gasteiger partial charge is 0.338 e. The zero-order valence-corrected chi connectivity index (χ0v) is 16.6. The Labute approximate surface area is 175 Å². The first kappa shape index (κ1) is 19.3. The van der Waals surface area contributed by atoms with E-state index >= 15 is 0 Å². The number of aromatic nitrogens is 2. The Balaban J connectivity index is 1.68. The number of esters is 1. The molecule has 1 N–H and O–H groups in total. The summed E-state index contributed by atoms with van der Waals surface area (Å²) in [4.78, 5) is 21.3. The molecular formula is C25H21N3O2. The van der Waals surface area contributed by atoms with Gasteiger partial charge < -0.3 is 10.1 Å². The number of ether oxygens (including phenoxy) is 1. The third kappa shape index (κ3) is 4.52. The van der Waals surface area contributed by atoms with Crippen LogP contribution in [0, 0.1) is 0 Å². The summed E-state index contributed by atoms with van der Waals surface area (Å²) in [5, 5.41) is 3.32. The number of rotatable bonds is 6. The summed E-state index contributed by atoms with van der Waals surface area (Å²) < 4.78 is 5.04. The molecule has 0 unspecified atom stereocenters. The van der Waals surface area contributed by atoms with Gasteiger partial charge in [0.05, 0.1) is 17.9 Å². The molecule has 0 radical (unpaired) electrons. The highest BCUT2D eigenvalue weighted by atomic mass is 16.5. The predicted molar refractivity (Wildman–Crippen MR) is 119 cm³/mol. The van der Waals surface area contributed by atoms with E-state index in [2.05, 4.69) is 5.32 Å². The summed E-state index contributed by atoms with van der Waals surface area (Å²) in [5.41, 5.74) is 4.11. The second kappa shape index (κ2) is 9.01. The fourth-order valence-corrected chi connectivity index (χ4v) is 3.04. The molecule has 0 amide bonds. The van der Waals surface area contributed by atoms with Crippen molar-refractivity contribution < 1.29 is 9.53 Å². The minimum Gasteiger partial charge on any atom is -0.462 e. The summed E-state index contributed by atoms with van der Waals surface area (Å²) in [6.07, 6.45) is 0. The van der Waals surface area contributed by atoms with Crippen LogP contribution in [-0.4, -0.2) is 22.5 Å². The third-order valence-electron chi connectivity index (χ3n) is 4.50. The zero-order chi connectivity index (χ0) is 20.8. The van der Waals surface area contributed by atoms with Crippen molar-refractivity contribution in [1.29, 1.82) is 0 Å². The van der Waals surface area contributed by atoms with E-state index in [9.17, 15) is 4.79 Å². The Morgan fingerprint density at radius 1 is 0.833 bits per heavy atom. The second-order valence-electron chi connectivity index (χ2n) is 6.62. The number of anilines is 2. The molecule has 3 aromatic carbocycles. The van der Waals surface area contributed by atoms with Crippen molar-refractivity contribution in [2.45, 2.75) is 6.92 Å². The van der Waals surface area contributed by atoms with Crippen LogP contribution >= 0.6 is 0 Å². The summed E-state index contributed by atoms with van der Waals surface area (Å²) >= 11 is 0. The molecule has 0 fully saturated rings. The van der Waals surface area contributed by atoms with Crippen LogP contribution in [0.4, 0.5) is 11.5 Å². The number of hydrogen-bond acceptors (Lipinski definition) is 5. The molecule has 4 rings (SSSR count). The number of nitrogens with zero attached hydrogens (tertiary/aromatic N) is 2. The van der Waals surface area contributed by atoms with Crippen LogP contribution < -0.4 is 5.32 Å². The maximum Gasteiger partial charge on any atom is 0.338 e. The van der Waals surface area contributed by atoms with E-state index in [0.717, 1.165) is 22.5 Å². The molecule has 30 heavy (non-hydrogen) atoms. The van der Waals surface area contributed by atoms with Crippen molar-refractivity contribution >= 4 is 17.5 Å². The summed E-state index contributed by atoms with van der Waals surface area (Å²) in [6.45, 7) is 2.14. The van der Waals surface area contributed by atoms with Gasteiger partial charge >= 0.3 is 5.97 Å². The molecular weight excluding hydrogens is 374 g/mol. The van der Waals surface area contributed by atoms with E-state index < -0.39 is 0 Å². The van der Waals surface area contributed by atoms with Crippen molar-refractivity contribution in [1.82, 2.24) is 9.97 Å². The van der Waals surface area contributed by atoms with Crippen LogP contribution in [0.2, 0.25) is 0 Å². The Morgan fingerprint density at radius 3 is 2.10 bits per heavy atom. The van der Waals surface area contributed by atoms with Crippen molar-refractivity contribution in [3.05, 3.63) is 96.6 Å². The lowest BCUT2D eigenvalue weighted by Crippen LogP contribution is -2.04. The average molecular weight is 395 g/mol. The van der Waals surface area contributed by atoms with Gasteiger partial charge in [0.1, 0.15) is 5.82 Å². The van der Waals surface area contributed by atoms with Gasteiger partial charge in [-0.25, -0.2) is 14.8 Å². The van der Waals surface area contributed by atoms with Gasteiger partial charge in [0.25, 0.3) is 0 Å². The molecule has 0 aliphatic rings. The number of hydrogen-bond donors (Lipinski definition) is 1. The van der Waals surface area contributed by atoms with Crippen LogP contribution in [0.5, 0.6) is 0 Å². The van der Waals surface area contributed by atoms with Crippen LogP contribution in [-0.2, 0) is 4.74 Å². The van der Waals surface area contributed by atoms with E-state index in [4.69, 9.17) is 14.7 Å². The van der Waals surface area contributed by atoms with E-state index in [0.29, 0.717) is 23.8 Å². The van der Waals surface area contributed by atoms with Crippen molar-refractivity contribution in [3.8, 4) is 22.6 Å². The molecule has 148 valence electrons. The molecule has 0 saturated carbocycles. The largest absolute Gasteiger partial charge is 0.462 e. The molecule has 0 aliphatic heterocycles. The van der Waals surface area contributed by atoms with E-state index in [1.165, 1.54) is 0 Å². The highest BCUT2D eigenvalue weighted by molar-refractivity contribution is 5.90. The van der Waals surface area contributed by atoms with Gasteiger partial charge in [-0.15, -0.1) is 0 Å². The Bertz CT molecular complexity index is 1070. The molecule has 1 aromatic heterocycles. The molecule has 1 heterocycles. The van der Waals surface area contributed by atoms with Gasteiger partial charge in [-0.1, -0.05) is 60.7 Å². The first-order chi connectivity index (χ1) is 14.7. The molecule has 5 heteroatoms. The monoisotopic (exact) mass is 395 g/mol. The number of carbonyl (C=O) groups excluding carboxylic acids is 1. The topological polar surface area (TPSA) is 64.1 Å². The molecule has 0 aliphatic carbocycles. The number of carbonyl (C=O) groups is 1. The first-order valence-electron chi connectivity index (χ1n) is 9.77. The fraction of sp³-hybridized carbons (Fsp3) is 0.0800. The average Bonchev–Trinajstić information content (AvgIpc) is 2.81. The van der Waals surface area contributed by atoms with Gasteiger partial charge in [0.2, 0.25) is 0 Å². The lowest BCUT2D eigenvalue weighted by atomic mass is 10.1. The summed E-state index contributed by atoms with van der Waals surface area (Å²) in [6, 6.07) is 28.9. The van der Waals surface area contributed by atoms with Crippen LogP contribution in [0.25, 0.3) is 22.6 Å². The Morgan fingerprint density at radius 2 is 1.47 bits per heavy atom. The standard InChI is InChI=1S/C25H21N3O2/c1-2-30-25(29)20-13-15-21(16-14-20)26-23-17-22(18-9-5-3-6-10-18)27-24(28-23)19-11-7-4-8-12-19/h3-17H,2H2,1H3,(H,26,27,28). The normalized spacial score (nSPS) is 10.4. The number of benzene rings is 3. The zero-order valence-electron chi connectivity index (χ0n) is 16.6. The minimum atomic E-state index is -0.330. The van der Waals surface area contributed by atoms with Crippen LogP contribution in [0.15, 0.2) is 91.0 Å². The molecule has 0 atom stereocenters. The van der Waals surface area contributed by atoms with Crippen LogP contribution in [0.3, 0.4) is 0 Å². The lowest BCUT2D eigenvalue weighted by molar-refractivity contribution is 0.0526. The van der Waals surface area contributed by atoms with Crippen LogP contribution in [0.1, 0.15) is 17.3 Å². The molecule has 5 nitrogen and oxygen atoms in total. The second-order valence-corrected chi connectivity index (χ2v) is 6.62. The SMILES string of the molecule is CCOC(=O)c1ccc(Nc2cc(-c3ccccc3)nc(-c3ccccc3)n2)cc1. The van der Waals surface area contributed by atoms with Crippen molar-refractivity contribution in [2.75, 3.05) is 11.9 Å². The maximum absolute atomic E-state index is 11.9. The molecule has 0 spiro atoms. The van der Waals surface area contributed by atoms with Crippen molar-refractivity contribution in [3.63, 3.8) is 0 Å². The number of nitrogens with one attached hydrogen (secondary N) is 1. The van der Waals surface area contributed by atoms with Gasteiger partial charge in [-0.2, -0.15) is 0 Å². The quantitative estimate of drug-likeness (QED) is 0.422. The lowest BCUT2D eigenvalue weighted by Gasteiger charge is -2.11. The Hall–Kier alpha value is -3.99. The highest BCUT2D eigenvalue weighted by Gasteiger charge is 2.10. The predicted octanol–water partition coefficient (Wildman–Crippen LogP) is 5.73. The molecule has 4 aromatic rings. The first-order valence-corrected chi connectivity index (χ1v) is 9.77. The summed E-state index contributed by atoms with van der Waals surface area (Å²) in [7, 11) is 0. The Kier molecular flexibility index (Phi) is 5.80. The van der Waals surface area contributed by atoms with E-state index in [1.54, 1.807) is 19.1 Å². The van der Waals surface area contributed by atoms with Gasteiger partial charge in [0.15, 0.2) is 5.82 Å². The van der Waals surface area contributed by atoms with E-state index in [-0.39, 0.29) is 5.97 Å². The van der Waals surface area contributed by atoms with E-state index in [1.807, 2.05) is 78.9 Å². The van der Waals surface area contributed by atoms with Gasteiger partial charge in [-0.3, -0.25) is 0 Å². The minimum absolute atomic E-state index is 0.330.